The first kappa shape index (κ1) is 20.0. The van der Waals surface area contributed by atoms with E-state index in [0.29, 0.717) is 18.0 Å². The Morgan fingerprint density at radius 1 is 1.17 bits per heavy atom. The molecule has 3 heterocycles. The molecule has 3 aromatic rings. The van der Waals surface area contributed by atoms with Gasteiger partial charge in [0.25, 0.3) is 0 Å². The Bertz CT molecular complexity index is 1060. The summed E-state index contributed by atoms with van der Waals surface area (Å²) in [6.45, 7) is 1.42. The summed E-state index contributed by atoms with van der Waals surface area (Å²) < 4.78 is 12.8. The molecule has 2 aromatic heterocycles. The number of hydrogen-bond donors (Lipinski definition) is 0. The smallest absolute Gasteiger partial charge is 0.319 e. The molecule has 0 aliphatic carbocycles. The van der Waals surface area contributed by atoms with E-state index in [-0.39, 0.29) is 11.9 Å². The second kappa shape index (κ2) is 8.22. The van der Waals surface area contributed by atoms with Crippen LogP contribution in [-0.4, -0.2) is 71.8 Å². The van der Waals surface area contributed by atoms with Crippen LogP contribution >= 0.6 is 0 Å². The zero-order valence-corrected chi connectivity index (χ0v) is 17.8. The lowest BCUT2D eigenvalue weighted by atomic mass is 9.98. The highest BCUT2D eigenvalue weighted by Gasteiger charge is 2.28. The van der Waals surface area contributed by atoms with Gasteiger partial charge in [0, 0.05) is 50.4 Å². The average molecular weight is 409 g/mol. The number of ether oxygens (including phenoxy) is 2. The van der Waals surface area contributed by atoms with Gasteiger partial charge in [-0.2, -0.15) is 5.10 Å². The van der Waals surface area contributed by atoms with Gasteiger partial charge in [-0.3, -0.25) is 0 Å². The second-order valence-corrected chi connectivity index (χ2v) is 7.69. The van der Waals surface area contributed by atoms with Gasteiger partial charge in [0.1, 0.15) is 0 Å². The van der Waals surface area contributed by atoms with E-state index >= 15 is 0 Å². The van der Waals surface area contributed by atoms with Crippen LogP contribution in [0, 0.1) is 0 Å². The van der Waals surface area contributed by atoms with E-state index in [9.17, 15) is 4.79 Å². The number of amides is 2. The molecule has 1 aliphatic heterocycles. The molecule has 1 unspecified atom stereocenters. The fourth-order valence-corrected chi connectivity index (χ4v) is 3.99. The number of carbonyl (C=O) groups excluding carboxylic acids is 1. The number of benzene rings is 1. The topological polar surface area (TPSA) is 72.2 Å². The van der Waals surface area contributed by atoms with Gasteiger partial charge >= 0.3 is 6.03 Å². The predicted molar refractivity (Wildman–Crippen MR) is 114 cm³/mol. The van der Waals surface area contributed by atoms with E-state index in [4.69, 9.17) is 19.6 Å². The molecule has 0 N–H and O–H groups in total. The van der Waals surface area contributed by atoms with Gasteiger partial charge < -0.3 is 19.3 Å². The monoisotopic (exact) mass is 409 g/mol. The number of methoxy groups -OCH3 is 2. The molecule has 8 nitrogen and oxygen atoms in total. The SMILES string of the molecule is COc1cccc(-c2ccc3nc(C4CCCN(C(=O)N(C)C)C4)nn3c2)c1OC. The summed E-state index contributed by atoms with van der Waals surface area (Å²) >= 11 is 0. The van der Waals surface area contributed by atoms with Crippen molar-refractivity contribution in [3.05, 3.63) is 42.4 Å². The number of piperidine rings is 1. The summed E-state index contributed by atoms with van der Waals surface area (Å²) in [6.07, 6.45) is 3.88. The van der Waals surface area contributed by atoms with Crippen molar-refractivity contribution >= 4 is 11.7 Å². The summed E-state index contributed by atoms with van der Waals surface area (Å²) in [4.78, 5) is 20.6. The Kier molecular flexibility index (Phi) is 5.48. The van der Waals surface area contributed by atoms with E-state index in [2.05, 4.69) is 0 Å². The number of fused-ring (bicyclic) bond motifs is 1. The first-order valence-electron chi connectivity index (χ1n) is 10.1. The van der Waals surface area contributed by atoms with Gasteiger partial charge in [-0.05, 0) is 31.0 Å². The maximum absolute atomic E-state index is 12.3. The molecule has 1 saturated heterocycles. The first-order valence-corrected chi connectivity index (χ1v) is 10.1. The number of pyridine rings is 1. The lowest BCUT2D eigenvalue weighted by molar-refractivity contribution is 0.153. The van der Waals surface area contributed by atoms with E-state index in [0.717, 1.165) is 42.0 Å². The molecule has 0 radical (unpaired) electrons. The maximum Gasteiger partial charge on any atom is 0.319 e. The van der Waals surface area contributed by atoms with Crippen LogP contribution in [-0.2, 0) is 0 Å². The Labute approximate surface area is 176 Å². The molecule has 1 atom stereocenters. The van der Waals surface area contributed by atoms with Crippen molar-refractivity contribution in [3.8, 4) is 22.6 Å². The molecule has 1 aliphatic rings. The molecule has 8 heteroatoms. The average Bonchev–Trinajstić information content (AvgIpc) is 3.21. The fourth-order valence-electron chi connectivity index (χ4n) is 3.99. The first-order chi connectivity index (χ1) is 14.5. The molecule has 30 heavy (non-hydrogen) atoms. The molecule has 0 saturated carbocycles. The van der Waals surface area contributed by atoms with Crippen LogP contribution in [0.4, 0.5) is 4.79 Å². The number of nitrogens with zero attached hydrogens (tertiary/aromatic N) is 5. The van der Waals surface area contributed by atoms with Gasteiger partial charge in [0.15, 0.2) is 23.0 Å². The molecule has 1 aromatic carbocycles. The van der Waals surface area contributed by atoms with Gasteiger partial charge in [0.2, 0.25) is 0 Å². The third-order valence-corrected chi connectivity index (χ3v) is 5.50. The van der Waals surface area contributed by atoms with Crippen LogP contribution in [0.3, 0.4) is 0 Å². The van der Waals surface area contributed by atoms with Crippen LogP contribution in [0.1, 0.15) is 24.6 Å². The highest BCUT2D eigenvalue weighted by molar-refractivity contribution is 5.74. The molecule has 158 valence electrons. The van der Waals surface area contributed by atoms with Crippen molar-refractivity contribution in [1.82, 2.24) is 24.4 Å². The number of rotatable bonds is 4. The van der Waals surface area contributed by atoms with Crippen LogP contribution in [0.5, 0.6) is 11.5 Å². The normalized spacial score (nSPS) is 16.5. The predicted octanol–water partition coefficient (Wildman–Crippen LogP) is 3.27. The highest BCUT2D eigenvalue weighted by Crippen LogP contribution is 2.37. The Hall–Kier alpha value is -3.29. The summed E-state index contributed by atoms with van der Waals surface area (Å²) in [7, 11) is 6.83. The number of urea groups is 1. The van der Waals surface area contributed by atoms with Crippen LogP contribution in [0.25, 0.3) is 16.8 Å². The maximum atomic E-state index is 12.3. The minimum absolute atomic E-state index is 0.0378. The summed E-state index contributed by atoms with van der Waals surface area (Å²) in [5, 5.41) is 4.74. The summed E-state index contributed by atoms with van der Waals surface area (Å²) in [6, 6.07) is 9.80. The van der Waals surface area contributed by atoms with E-state index in [1.165, 1.54) is 0 Å². The van der Waals surface area contributed by atoms with Crippen molar-refractivity contribution in [2.24, 2.45) is 0 Å². The Morgan fingerprint density at radius 3 is 2.73 bits per heavy atom. The van der Waals surface area contributed by atoms with E-state index < -0.39 is 0 Å². The molecule has 1 fully saturated rings. The highest BCUT2D eigenvalue weighted by atomic mass is 16.5. The van der Waals surface area contributed by atoms with Crippen molar-refractivity contribution in [1.29, 1.82) is 0 Å². The van der Waals surface area contributed by atoms with Crippen molar-refractivity contribution in [3.63, 3.8) is 0 Å². The molecule has 0 spiro atoms. The quantitative estimate of drug-likeness (QED) is 0.661. The molecular weight excluding hydrogens is 382 g/mol. The number of likely N-dealkylation sites (tertiary alicyclic amines) is 1. The molecular formula is C22H27N5O3. The Morgan fingerprint density at radius 2 is 2.00 bits per heavy atom. The summed E-state index contributed by atoms with van der Waals surface area (Å²) in [5.74, 6) is 2.28. The van der Waals surface area contributed by atoms with Crippen molar-refractivity contribution in [2.45, 2.75) is 18.8 Å². The zero-order valence-electron chi connectivity index (χ0n) is 17.8. The van der Waals surface area contributed by atoms with Gasteiger partial charge in [-0.25, -0.2) is 14.3 Å². The largest absolute Gasteiger partial charge is 0.493 e. The van der Waals surface area contributed by atoms with Crippen molar-refractivity contribution < 1.29 is 14.3 Å². The standard InChI is InChI=1S/C22H27N5O3/c1-25(2)22(28)26-12-6-7-16(13-26)21-23-19-11-10-15(14-27(19)24-21)17-8-5-9-18(29-3)20(17)30-4/h5,8-11,14,16H,6-7,12-13H2,1-4H3. The lowest BCUT2D eigenvalue weighted by Crippen LogP contribution is -2.44. The minimum Gasteiger partial charge on any atom is -0.493 e. The van der Waals surface area contributed by atoms with Crippen LogP contribution < -0.4 is 9.47 Å². The number of hydrogen-bond acceptors (Lipinski definition) is 5. The number of carbonyl (C=O) groups is 1. The molecule has 0 bridgehead atoms. The molecule has 2 amide bonds. The fraction of sp³-hybridized carbons (Fsp3) is 0.409. The lowest BCUT2D eigenvalue weighted by Gasteiger charge is -2.33. The second-order valence-electron chi connectivity index (χ2n) is 7.69. The van der Waals surface area contributed by atoms with Crippen LogP contribution in [0.15, 0.2) is 36.5 Å². The third-order valence-electron chi connectivity index (χ3n) is 5.50. The zero-order chi connectivity index (χ0) is 21.3. The molecule has 4 rings (SSSR count). The Balaban J connectivity index is 1.65. The van der Waals surface area contributed by atoms with Crippen LogP contribution in [0.2, 0.25) is 0 Å². The van der Waals surface area contributed by atoms with Gasteiger partial charge in [0.05, 0.1) is 14.2 Å². The third kappa shape index (κ3) is 3.65. The van der Waals surface area contributed by atoms with E-state index in [1.807, 2.05) is 41.4 Å². The van der Waals surface area contributed by atoms with Gasteiger partial charge in [-0.1, -0.05) is 12.1 Å². The number of para-hydroxylation sites is 1. The van der Waals surface area contributed by atoms with Gasteiger partial charge in [-0.15, -0.1) is 0 Å². The number of aromatic nitrogens is 3. The summed E-state index contributed by atoms with van der Waals surface area (Å²) in [5.41, 5.74) is 2.67. The van der Waals surface area contributed by atoms with Crippen molar-refractivity contribution in [2.75, 3.05) is 41.4 Å². The van der Waals surface area contributed by atoms with E-state index in [1.54, 1.807) is 37.7 Å². The minimum atomic E-state index is 0.0378.